The van der Waals surface area contributed by atoms with E-state index in [0.29, 0.717) is 6.42 Å². The maximum Gasteiger partial charge on any atom is 0.311 e. The number of cyclic esters (lactones) is 1. The molecule has 2 N–H and O–H groups in total. The monoisotopic (exact) mass is 744 g/mol. The van der Waals surface area contributed by atoms with E-state index in [-0.39, 0.29) is 48.7 Å². The molecule has 0 aromatic rings. The van der Waals surface area contributed by atoms with Gasteiger partial charge in [0.15, 0.2) is 12.6 Å². The highest BCUT2D eigenvalue weighted by Crippen LogP contribution is 2.43. The first-order chi connectivity index (χ1) is 24.0. The van der Waals surface area contributed by atoms with Crippen LogP contribution in [0.3, 0.4) is 0 Å². The predicted molar refractivity (Wildman–Crippen MR) is 197 cm³/mol. The van der Waals surface area contributed by atoms with Gasteiger partial charge in [-0.3, -0.25) is 9.59 Å². The summed E-state index contributed by atoms with van der Waals surface area (Å²) < 4.78 is 45.4. The first-order valence-corrected chi connectivity index (χ1v) is 19.5. The van der Waals surface area contributed by atoms with Gasteiger partial charge in [-0.2, -0.15) is 0 Å². The third kappa shape index (κ3) is 9.41. The second-order valence-corrected chi connectivity index (χ2v) is 17.3. The van der Waals surface area contributed by atoms with Crippen molar-refractivity contribution < 1.29 is 53.0 Å². The maximum absolute atomic E-state index is 14.3. The van der Waals surface area contributed by atoms with Crippen molar-refractivity contribution in [1.29, 1.82) is 0 Å². The van der Waals surface area contributed by atoms with E-state index >= 15 is 0 Å². The second-order valence-electron chi connectivity index (χ2n) is 17.3. The van der Waals surface area contributed by atoms with Gasteiger partial charge in [0.05, 0.1) is 47.6 Å². The molecule has 304 valence electrons. The number of rotatable bonds is 8. The molecule has 0 amide bonds. The van der Waals surface area contributed by atoms with Crippen LogP contribution in [0, 0.1) is 35.5 Å². The van der Waals surface area contributed by atoms with Crippen LogP contribution in [0.15, 0.2) is 0 Å². The lowest BCUT2D eigenvalue weighted by molar-refractivity contribution is -0.308. The van der Waals surface area contributed by atoms with Gasteiger partial charge in [0.2, 0.25) is 0 Å². The van der Waals surface area contributed by atoms with E-state index in [1.54, 1.807) is 35.0 Å². The number of ketones is 1. The molecule has 3 rings (SSSR count). The summed E-state index contributed by atoms with van der Waals surface area (Å²) in [6.45, 7) is 22.5. The van der Waals surface area contributed by atoms with Crippen molar-refractivity contribution in [2.45, 2.75) is 181 Å². The molecular weight excluding hydrogens is 670 g/mol. The van der Waals surface area contributed by atoms with Gasteiger partial charge in [-0.1, -0.05) is 41.5 Å². The van der Waals surface area contributed by atoms with E-state index in [0.717, 1.165) is 6.42 Å². The van der Waals surface area contributed by atoms with Crippen LogP contribution < -0.4 is 0 Å². The fourth-order valence-electron chi connectivity index (χ4n) is 9.09. The molecule has 0 bridgehead atoms. The molecule has 3 fully saturated rings. The Morgan fingerprint density at radius 2 is 1.44 bits per heavy atom. The molecule has 0 aromatic heterocycles. The molecule has 3 saturated heterocycles. The topological polar surface area (TPSA) is 142 Å². The van der Waals surface area contributed by atoms with E-state index in [2.05, 4.69) is 32.8 Å². The smallest absolute Gasteiger partial charge is 0.311 e. The number of methoxy groups -OCH3 is 2. The van der Waals surface area contributed by atoms with Gasteiger partial charge in [0, 0.05) is 56.3 Å². The Hall–Kier alpha value is -1.22. The molecule has 18 atom stereocenters. The van der Waals surface area contributed by atoms with Crippen LogP contribution >= 0.6 is 0 Å². The third-order valence-corrected chi connectivity index (χ3v) is 13.2. The van der Waals surface area contributed by atoms with E-state index in [4.69, 9.17) is 33.2 Å². The summed E-state index contributed by atoms with van der Waals surface area (Å²) in [5.74, 6) is -3.80. The highest BCUT2D eigenvalue weighted by Gasteiger charge is 2.53. The molecule has 0 spiro atoms. The third-order valence-electron chi connectivity index (χ3n) is 13.2. The number of esters is 1. The van der Waals surface area contributed by atoms with Crippen molar-refractivity contribution in [3.8, 4) is 0 Å². The van der Waals surface area contributed by atoms with Crippen LogP contribution in [0.2, 0.25) is 0 Å². The fraction of sp³-hybridized carbons (Fsp3) is 0.950. The standard InChI is InChI=1S/C40H73NO11/c1-17-30-40(12,45)34(43)24(5)32(42)21(2)19-39(11,47-16)35(52-37-23(4)29(41(13)14)18-22(3)48-37)25(6)33(26(7)36(44)50-30)51-31-20-38(10,46-15)27(8)28(9)49-31/h21-31,33-35,37,43,45H,17-20H2,1-16H3/t21-,22-,23-,24+,25+,26-,27+,28+,29?,30-,31?,33?,34?,35?,37?,38?,39?,40?/m1/s1. The number of carbonyl (C=O) groups excluding carboxylic acids is 2. The summed E-state index contributed by atoms with van der Waals surface area (Å²) in [5, 5.41) is 23.2. The first-order valence-electron chi connectivity index (χ1n) is 19.5. The van der Waals surface area contributed by atoms with E-state index in [1.165, 1.54) is 6.92 Å². The molecule has 12 nitrogen and oxygen atoms in total. The van der Waals surface area contributed by atoms with Crippen molar-refractivity contribution in [2.75, 3.05) is 28.3 Å². The largest absolute Gasteiger partial charge is 0.459 e. The van der Waals surface area contributed by atoms with Crippen LogP contribution in [0.25, 0.3) is 0 Å². The number of hydrogen-bond donors (Lipinski definition) is 2. The second kappa shape index (κ2) is 17.7. The normalized spacial score (nSPS) is 49.0. The number of carbonyl (C=O) groups is 2. The van der Waals surface area contributed by atoms with Gasteiger partial charge in [-0.25, -0.2) is 0 Å². The molecule has 0 aromatic carbocycles. The number of Topliss-reactive ketones (excluding diaryl/α,β-unsaturated/α-hetero) is 1. The van der Waals surface area contributed by atoms with Gasteiger partial charge in [0.25, 0.3) is 0 Å². The van der Waals surface area contributed by atoms with Crippen molar-refractivity contribution in [3.63, 3.8) is 0 Å². The number of nitrogens with zero attached hydrogens (tertiary/aromatic N) is 1. The fourth-order valence-corrected chi connectivity index (χ4v) is 9.09. The van der Waals surface area contributed by atoms with Gasteiger partial charge in [0.1, 0.15) is 17.5 Å². The molecular formula is C40H73NO11. The van der Waals surface area contributed by atoms with Crippen LogP contribution in [0.4, 0.5) is 0 Å². The van der Waals surface area contributed by atoms with Gasteiger partial charge in [-0.15, -0.1) is 0 Å². The Morgan fingerprint density at radius 3 is 1.98 bits per heavy atom. The van der Waals surface area contributed by atoms with Crippen LogP contribution in [-0.4, -0.2) is 127 Å². The summed E-state index contributed by atoms with van der Waals surface area (Å²) in [6, 6.07) is 0.185. The lowest BCUT2D eigenvalue weighted by Gasteiger charge is -2.50. The Bertz CT molecular complexity index is 1180. The van der Waals surface area contributed by atoms with Gasteiger partial charge >= 0.3 is 5.97 Å². The van der Waals surface area contributed by atoms with Crippen molar-refractivity contribution in [3.05, 3.63) is 0 Å². The zero-order valence-corrected chi connectivity index (χ0v) is 35.0. The molecule has 3 aliphatic heterocycles. The van der Waals surface area contributed by atoms with Crippen LogP contribution in [0.5, 0.6) is 0 Å². The Kier molecular flexibility index (Phi) is 15.4. The minimum absolute atomic E-state index is 0.0254. The van der Waals surface area contributed by atoms with E-state index < -0.39 is 83.4 Å². The van der Waals surface area contributed by atoms with Gasteiger partial charge in [-0.05, 0) is 74.9 Å². The average molecular weight is 744 g/mol. The SMILES string of the molecule is CC[C@H]1OC(=O)[C@H](C)C(OC2CC(C)(OC)[C@@H](C)[C@H](C)O2)[C@H](C)C(OC2O[C@H](C)CC(N(C)C)[C@H]2C)C(C)(OC)C[C@@H](C)C(=O)[C@H](C)C(O)C1(C)O. The number of aliphatic hydroxyl groups excluding tert-OH is 1. The predicted octanol–water partition coefficient (Wildman–Crippen LogP) is 4.99. The lowest BCUT2D eigenvalue weighted by atomic mass is 9.73. The average Bonchev–Trinajstić information content (AvgIpc) is 3.09. The Balaban J connectivity index is 2.22. The molecule has 52 heavy (non-hydrogen) atoms. The molecule has 0 aliphatic carbocycles. The number of ether oxygens (including phenoxy) is 7. The Labute approximate surface area is 313 Å². The number of aliphatic hydroxyl groups is 2. The molecule has 3 heterocycles. The summed E-state index contributed by atoms with van der Waals surface area (Å²) in [5.41, 5.74) is -3.56. The summed E-state index contributed by atoms with van der Waals surface area (Å²) >= 11 is 0. The summed E-state index contributed by atoms with van der Waals surface area (Å²) in [6.07, 6.45) is -4.15. The zero-order valence-electron chi connectivity index (χ0n) is 35.0. The van der Waals surface area contributed by atoms with E-state index in [1.807, 2.05) is 41.5 Å². The van der Waals surface area contributed by atoms with Gasteiger partial charge < -0.3 is 48.3 Å². The number of hydrogen-bond acceptors (Lipinski definition) is 12. The quantitative estimate of drug-likeness (QED) is 0.324. The van der Waals surface area contributed by atoms with Crippen LogP contribution in [0.1, 0.15) is 109 Å². The van der Waals surface area contributed by atoms with Crippen molar-refractivity contribution in [1.82, 2.24) is 4.90 Å². The summed E-state index contributed by atoms with van der Waals surface area (Å²) in [4.78, 5) is 30.5. The molecule has 9 unspecified atom stereocenters. The van der Waals surface area contributed by atoms with E-state index in [9.17, 15) is 19.8 Å². The first kappa shape index (κ1) is 45.2. The molecule has 0 saturated carbocycles. The molecule has 12 heteroatoms. The van der Waals surface area contributed by atoms with Crippen molar-refractivity contribution in [2.24, 2.45) is 35.5 Å². The van der Waals surface area contributed by atoms with Crippen LogP contribution in [-0.2, 0) is 42.7 Å². The van der Waals surface area contributed by atoms with Crippen molar-refractivity contribution >= 4 is 11.8 Å². The minimum atomic E-state index is -1.91. The zero-order chi connectivity index (χ0) is 39.7. The Morgan fingerprint density at radius 1 is 0.846 bits per heavy atom. The molecule has 0 radical (unpaired) electrons. The maximum atomic E-state index is 14.3. The lowest BCUT2D eigenvalue weighted by Crippen LogP contribution is -2.60. The highest BCUT2D eigenvalue weighted by atomic mass is 16.7. The highest BCUT2D eigenvalue weighted by molar-refractivity contribution is 5.83. The summed E-state index contributed by atoms with van der Waals surface area (Å²) in [7, 11) is 7.39. The molecule has 3 aliphatic rings. The minimum Gasteiger partial charge on any atom is -0.459 e.